The Morgan fingerprint density at radius 1 is 1.47 bits per heavy atom. The van der Waals surface area contributed by atoms with Crippen molar-refractivity contribution in [1.82, 2.24) is 0 Å². The van der Waals surface area contributed by atoms with E-state index in [9.17, 15) is 9.59 Å². The molecular weight excluding hydrogens is 284 g/mol. The molecule has 1 atom stereocenters. The van der Waals surface area contributed by atoms with E-state index >= 15 is 0 Å². The maximum absolute atomic E-state index is 12.2. The van der Waals surface area contributed by atoms with Gasteiger partial charge in [0.2, 0.25) is 0 Å². The van der Waals surface area contributed by atoms with Crippen LogP contribution in [0.2, 0.25) is 0 Å². The molecular formula is C13H21BrO3. The van der Waals surface area contributed by atoms with E-state index in [1.807, 2.05) is 20.8 Å². The number of esters is 1. The van der Waals surface area contributed by atoms with E-state index in [0.29, 0.717) is 19.3 Å². The molecule has 98 valence electrons. The summed E-state index contributed by atoms with van der Waals surface area (Å²) >= 11 is 3.35. The number of alkyl halides is 1. The minimum absolute atomic E-state index is 0.0627. The van der Waals surface area contributed by atoms with Gasteiger partial charge in [-0.1, -0.05) is 15.9 Å². The summed E-state index contributed by atoms with van der Waals surface area (Å²) in [5.74, 6) is -0.263. The molecule has 0 heterocycles. The third kappa shape index (κ3) is 3.54. The molecule has 0 spiro atoms. The van der Waals surface area contributed by atoms with Crippen molar-refractivity contribution in [3.8, 4) is 0 Å². The predicted molar refractivity (Wildman–Crippen MR) is 70.2 cm³/mol. The Morgan fingerprint density at radius 3 is 2.53 bits per heavy atom. The molecule has 0 amide bonds. The van der Waals surface area contributed by atoms with Crippen molar-refractivity contribution in [3.05, 3.63) is 0 Å². The van der Waals surface area contributed by atoms with E-state index in [0.717, 1.165) is 18.2 Å². The highest BCUT2D eigenvalue weighted by Crippen LogP contribution is 2.41. The van der Waals surface area contributed by atoms with Crippen LogP contribution in [0, 0.1) is 5.41 Å². The maximum Gasteiger partial charge on any atom is 0.320 e. The molecule has 0 aromatic carbocycles. The van der Waals surface area contributed by atoms with Crippen LogP contribution in [0.5, 0.6) is 0 Å². The molecule has 3 nitrogen and oxygen atoms in total. The van der Waals surface area contributed by atoms with Crippen molar-refractivity contribution in [2.75, 3.05) is 5.33 Å². The summed E-state index contributed by atoms with van der Waals surface area (Å²) in [7, 11) is 0. The average Bonchev–Trinajstić information content (AvgIpc) is 2.55. The fourth-order valence-electron chi connectivity index (χ4n) is 2.26. The number of carbonyl (C=O) groups excluding carboxylic acids is 2. The van der Waals surface area contributed by atoms with Crippen LogP contribution in [0.3, 0.4) is 0 Å². The molecule has 0 aromatic rings. The van der Waals surface area contributed by atoms with E-state index in [1.54, 1.807) is 0 Å². The first-order valence-corrected chi connectivity index (χ1v) is 7.27. The predicted octanol–water partition coefficient (Wildman–Crippen LogP) is 3.24. The second kappa shape index (κ2) is 5.51. The van der Waals surface area contributed by atoms with Gasteiger partial charge in [-0.2, -0.15) is 0 Å². The van der Waals surface area contributed by atoms with Gasteiger partial charge in [-0.25, -0.2) is 0 Å². The summed E-state index contributed by atoms with van der Waals surface area (Å²) in [6, 6.07) is 0. The number of hydrogen-bond acceptors (Lipinski definition) is 3. The lowest BCUT2D eigenvalue weighted by atomic mass is 9.80. The van der Waals surface area contributed by atoms with Crippen LogP contribution in [0.25, 0.3) is 0 Å². The Morgan fingerprint density at radius 2 is 2.12 bits per heavy atom. The van der Waals surface area contributed by atoms with Crippen LogP contribution < -0.4 is 0 Å². The molecule has 1 rings (SSSR count). The smallest absolute Gasteiger partial charge is 0.320 e. The summed E-state index contributed by atoms with van der Waals surface area (Å²) in [5.41, 5.74) is -1.39. The summed E-state index contributed by atoms with van der Waals surface area (Å²) in [5, 5.41) is 0.810. The summed E-state index contributed by atoms with van der Waals surface area (Å²) in [6.45, 7) is 5.51. The minimum atomic E-state index is -0.860. The number of carbonyl (C=O) groups is 2. The number of halogens is 1. The van der Waals surface area contributed by atoms with Gasteiger partial charge in [0.05, 0.1) is 0 Å². The topological polar surface area (TPSA) is 43.4 Å². The molecule has 17 heavy (non-hydrogen) atoms. The Hall–Kier alpha value is -0.380. The SMILES string of the molecule is CC(C)(C)OC(=O)[C@]1(CCCBr)CCCC1=O. The summed E-state index contributed by atoms with van der Waals surface area (Å²) < 4.78 is 5.42. The highest BCUT2D eigenvalue weighted by atomic mass is 79.9. The molecule has 0 saturated heterocycles. The molecule has 0 bridgehead atoms. The molecule has 0 radical (unpaired) electrons. The number of ketones is 1. The first-order valence-electron chi connectivity index (χ1n) is 6.14. The molecule has 1 fully saturated rings. The quantitative estimate of drug-likeness (QED) is 0.455. The first-order chi connectivity index (χ1) is 7.82. The van der Waals surface area contributed by atoms with Gasteiger partial charge < -0.3 is 4.74 Å². The molecule has 0 N–H and O–H groups in total. The van der Waals surface area contributed by atoms with Crippen LogP contribution in [0.15, 0.2) is 0 Å². The first kappa shape index (κ1) is 14.7. The highest BCUT2D eigenvalue weighted by molar-refractivity contribution is 9.09. The van der Waals surface area contributed by atoms with Crippen LogP contribution in [0.1, 0.15) is 52.9 Å². The van der Waals surface area contributed by atoms with Gasteiger partial charge >= 0.3 is 5.97 Å². The second-order valence-electron chi connectivity index (χ2n) is 5.65. The van der Waals surface area contributed by atoms with Gasteiger partial charge in [-0.05, 0) is 46.5 Å². The van der Waals surface area contributed by atoms with E-state index < -0.39 is 11.0 Å². The van der Waals surface area contributed by atoms with Crippen LogP contribution in [-0.4, -0.2) is 22.7 Å². The van der Waals surface area contributed by atoms with E-state index in [-0.39, 0.29) is 11.8 Å². The Balaban J connectivity index is 2.83. The van der Waals surface area contributed by atoms with Crippen molar-refractivity contribution in [3.63, 3.8) is 0 Å². The molecule has 0 aromatic heterocycles. The monoisotopic (exact) mass is 304 g/mol. The molecule has 4 heteroatoms. The zero-order chi connectivity index (χ0) is 13.1. The number of Topliss-reactive ketones (excluding diaryl/α,β-unsaturated/α-hetero) is 1. The fraction of sp³-hybridized carbons (Fsp3) is 0.846. The summed E-state index contributed by atoms with van der Waals surface area (Å²) in [4.78, 5) is 24.3. The lowest BCUT2D eigenvalue weighted by Crippen LogP contribution is -2.40. The minimum Gasteiger partial charge on any atom is -0.459 e. The van der Waals surface area contributed by atoms with Gasteiger partial charge in [0.1, 0.15) is 16.8 Å². The van der Waals surface area contributed by atoms with E-state index in [4.69, 9.17) is 4.74 Å². The summed E-state index contributed by atoms with van der Waals surface area (Å²) in [6.07, 6.45) is 3.40. The Kier molecular flexibility index (Phi) is 4.76. The number of hydrogen-bond donors (Lipinski definition) is 0. The van der Waals surface area contributed by atoms with Crippen molar-refractivity contribution in [1.29, 1.82) is 0 Å². The van der Waals surface area contributed by atoms with Crippen molar-refractivity contribution in [2.24, 2.45) is 5.41 Å². The normalized spacial score (nSPS) is 25.1. The molecule has 1 saturated carbocycles. The van der Waals surface area contributed by atoms with E-state index in [2.05, 4.69) is 15.9 Å². The average molecular weight is 305 g/mol. The van der Waals surface area contributed by atoms with Crippen LogP contribution in [-0.2, 0) is 14.3 Å². The number of ether oxygens (including phenoxy) is 1. The van der Waals surface area contributed by atoms with Crippen molar-refractivity contribution < 1.29 is 14.3 Å². The lowest BCUT2D eigenvalue weighted by Gasteiger charge is -2.29. The van der Waals surface area contributed by atoms with Crippen LogP contribution >= 0.6 is 15.9 Å². The molecule has 0 unspecified atom stereocenters. The largest absolute Gasteiger partial charge is 0.459 e. The van der Waals surface area contributed by atoms with Gasteiger partial charge in [0.25, 0.3) is 0 Å². The third-order valence-electron chi connectivity index (χ3n) is 3.07. The zero-order valence-corrected chi connectivity index (χ0v) is 12.4. The van der Waals surface area contributed by atoms with Gasteiger partial charge in [0, 0.05) is 11.8 Å². The molecule has 1 aliphatic rings. The standard InChI is InChI=1S/C13H21BrO3/c1-12(2,3)17-11(16)13(8-5-9-14)7-4-6-10(13)15/h4-9H2,1-3H3/t13-/m0/s1. The molecule has 1 aliphatic carbocycles. The lowest BCUT2D eigenvalue weighted by molar-refractivity contribution is -0.169. The zero-order valence-electron chi connectivity index (χ0n) is 10.8. The van der Waals surface area contributed by atoms with Gasteiger partial charge in [-0.15, -0.1) is 0 Å². The number of rotatable bonds is 4. The molecule has 0 aliphatic heterocycles. The second-order valence-corrected chi connectivity index (χ2v) is 6.45. The Labute approximate surface area is 111 Å². The highest BCUT2D eigenvalue weighted by Gasteiger charge is 2.50. The maximum atomic E-state index is 12.2. The van der Waals surface area contributed by atoms with Gasteiger partial charge in [-0.3, -0.25) is 9.59 Å². The third-order valence-corrected chi connectivity index (χ3v) is 3.63. The van der Waals surface area contributed by atoms with Crippen LogP contribution in [0.4, 0.5) is 0 Å². The van der Waals surface area contributed by atoms with Crippen molar-refractivity contribution >= 4 is 27.7 Å². The Bertz CT molecular complexity index is 306. The van der Waals surface area contributed by atoms with Crippen molar-refractivity contribution in [2.45, 2.75) is 58.5 Å². The van der Waals surface area contributed by atoms with E-state index in [1.165, 1.54) is 0 Å². The fourth-order valence-corrected chi connectivity index (χ4v) is 2.54. The van der Waals surface area contributed by atoms with Gasteiger partial charge in [0.15, 0.2) is 0 Å².